The summed E-state index contributed by atoms with van der Waals surface area (Å²) >= 11 is 0. The summed E-state index contributed by atoms with van der Waals surface area (Å²) in [5, 5.41) is 1.49. The van der Waals surface area contributed by atoms with Gasteiger partial charge in [0.1, 0.15) is 18.5 Å². The van der Waals surface area contributed by atoms with Crippen LogP contribution >= 0.6 is 0 Å². The molecule has 2 heterocycles. The van der Waals surface area contributed by atoms with E-state index < -0.39 is 11.9 Å². The van der Waals surface area contributed by atoms with Crippen LogP contribution in [0.2, 0.25) is 0 Å². The van der Waals surface area contributed by atoms with Gasteiger partial charge >= 0.3 is 6.09 Å². The van der Waals surface area contributed by atoms with E-state index in [1.54, 1.807) is 12.1 Å². The summed E-state index contributed by atoms with van der Waals surface area (Å²) in [6.07, 6.45) is -0.906. The van der Waals surface area contributed by atoms with Gasteiger partial charge in [0.25, 0.3) is 5.91 Å². The maximum Gasteiger partial charge on any atom is 0.414 e. The van der Waals surface area contributed by atoms with E-state index in [0.717, 1.165) is 0 Å². The van der Waals surface area contributed by atoms with Crippen LogP contribution < -0.4 is 21.0 Å². The maximum absolute atomic E-state index is 14.7. The maximum atomic E-state index is 14.7. The van der Waals surface area contributed by atoms with Crippen molar-refractivity contribution in [2.45, 2.75) is 6.10 Å². The quantitative estimate of drug-likeness (QED) is 0.735. The summed E-state index contributed by atoms with van der Waals surface area (Å²) in [5.74, 6) is -0.606. The summed E-state index contributed by atoms with van der Waals surface area (Å²) in [5.41, 5.74) is 9.40. The molecule has 9 nitrogen and oxygen atoms in total. The Labute approximate surface area is 156 Å². The Morgan fingerprint density at radius 2 is 2.22 bits per heavy atom. The summed E-state index contributed by atoms with van der Waals surface area (Å²) in [6.45, 7) is 2.42. The number of halogens is 1. The van der Waals surface area contributed by atoms with E-state index >= 15 is 0 Å². The third kappa shape index (κ3) is 4.29. The molecule has 0 bridgehead atoms. The largest absolute Gasteiger partial charge is 0.443 e. The standard InChI is InChI=1S/C17H24FN5O4/c1-26-11-16(24)23-7-6-21(5-4-20-23)15-3-2-12(8-14(15)18)22-10-13(9-19)27-17(22)25/h2-3,8,13,20H,4-7,9-11,19H2,1H3/t13-/m0/s1. The van der Waals surface area contributed by atoms with Crippen molar-refractivity contribution in [2.24, 2.45) is 5.73 Å². The molecule has 27 heavy (non-hydrogen) atoms. The molecule has 0 unspecified atom stereocenters. The highest BCUT2D eigenvalue weighted by molar-refractivity contribution is 5.90. The molecule has 148 valence electrons. The number of anilines is 2. The van der Waals surface area contributed by atoms with Crippen LogP contribution in [-0.4, -0.2) is 76.1 Å². The summed E-state index contributed by atoms with van der Waals surface area (Å²) in [6, 6.07) is 4.65. The number of amides is 2. The lowest BCUT2D eigenvalue weighted by atomic mass is 10.2. The molecule has 2 aliphatic heterocycles. The average molecular weight is 381 g/mol. The molecule has 2 amide bonds. The average Bonchev–Trinajstić information content (AvgIpc) is 2.87. The van der Waals surface area contributed by atoms with Crippen LogP contribution in [0.3, 0.4) is 0 Å². The van der Waals surface area contributed by atoms with E-state index in [0.29, 0.717) is 44.1 Å². The van der Waals surface area contributed by atoms with Gasteiger partial charge in [-0.05, 0) is 18.2 Å². The minimum absolute atomic E-state index is 0.00815. The zero-order chi connectivity index (χ0) is 19.4. The minimum Gasteiger partial charge on any atom is -0.443 e. The molecule has 3 N–H and O–H groups in total. The Morgan fingerprint density at radius 1 is 1.41 bits per heavy atom. The molecule has 2 aliphatic rings. The molecular weight excluding hydrogens is 357 g/mol. The number of ether oxygens (including phenoxy) is 2. The normalized spacial score (nSPS) is 20.6. The number of nitrogens with two attached hydrogens (primary N) is 1. The van der Waals surface area contributed by atoms with Gasteiger partial charge in [0, 0.05) is 33.3 Å². The SMILES string of the molecule is COCC(=O)N1CCN(c2ccc(N3C[C@H](CN)OC3=O)cc2F)CCN1. The van der Waals surface area contributed by atoms with Gasteiger partial charge in [-0.3, -0.25) is 14.7 Å². The third-order valence-electron chi connectivity index (χ3n) is 4.57. The molecule has 1 atom stereocenters. The van der Waals surface area contributed by atoms with Crippen molar-refractivity contribution in [1.82, 2.24) is 10.4 Å². The van der Waals surface area contributed by atoms with Gasteiger partial charge in [-0.15, -0.1) is 0 Å². The second kappa shape index (κ2) is 8.51. The molecule has 0 spiro atoms. The summed E-state index contributed by atoms with van der Waals surface area (Å²) in [7, 11) is 1.46. The fraction of sp³-hybridized carbons (Fsp3) is 0.529. The number of nitrogens with zero attached hydrogens (tertiary/aromatic N) is 3. The number of hydrogen-bond acceptors (Lipinski definition) is 7. The third-order valence-corrected chi connectivity index (χ3v) is 4.57. The predicted molar refractivity (Wildman–Crippen MR) is 96.9 cm³/mol. The molecule has 2 saturated heterocycles. The van der Waals surface area contributed by atoms with Gasteiger partial charge in [-0.2, -0.15) is 0 Å². The second-order valence-corrected chi connectivity index (χ2v) is 6.36. The van der Waals surface area contributed by atoms with Gasteiger partial charge < -0.3 is 20.1 Å². The first-order chi connectivity index (χ1) is 13.0. The Kier molecular flexibility index (Phi) is 6.09. The molecule has 10 heteroatoms. The number of rotatable bonds is 5. The number of carbonyl (C=O) groups is 2. The van der Waals surface area contributed by atoms with Gasteiger partial charge in [0.15, 0.2) is 0 Å². The zero-order valence-electron chi connectivity index (χ0n) is 15.2. The molecule has 1 aromatic carbocycles. The first-order valence-corrected chi connectivity index (χ1v) is 8.79. The van der Waals surface area contributed by atoms with Crippen molar-refractivity contribution in [3.63, 3.8) is 0 Å². The van der Waals surface area contributed by atoms with E-state index in [1.165, 1.54) is 23.1 Å². The highest BCUT2D eigenvalue weighted by Gasteiger charge is 2.32. The van der Waals surface area contributed by atoms with Crippen LogP contribution in [0.1, 0.15) is 0 Å². The first-order valence-electron chi connectivity index (χ1n) is 8.79. The van der Waals surface area contributed by atoms with Crippen molar-refractivity contribution >= 4 is 23.4 Å². The smallest absolute Gasteiger partial charge is 0.414 e. The topological polar surface area (TPSA) is 100 Å². The van der Waals surface area contributed by atoms with Crippen molar-refractivity contribution in [3.05, 3.63) is 24.0 Å². The van der Waals surface area contributed by atoms with Gasteiger partial charge in [0.05, 0.1) is 24.5 Å². The van der Waals surface area contributed by atoms with E-state index in [-0.39, 0.29) is 25.2 Å². The number of hydrazine groups is 1. The predicted octanol–water partition coefficient (Wildman–Crippen LogP) is -0.0908. The van der Waals surface area contributed by atoms with E-state index in [4.69, 9.17) is 15.2 Å². The summed E-state index contributed by atoms with van der Waals surface area (Å²) < 4.78 is 24.7. The molecule has 2 fully saturated rings. The van der Waals surface area contributed by atoms with E-state index in [1.807, 2.05) is 4.90 Å². The summed E-state index contributed by atoms with van der Waals surface area (Å²) in [4.78, 5) is 27.1. The first kappa shape index (κ1) is 19.3. The number of benzene rings is 1. The number of nitrogens with one attached hydrogen (secondary N) is 1. The van der Waals surface area contributed by atoms with Crippen LogP contribution in [0.15, 0.2) is 18.2 Å². The number of cyclic esters (lactones) is 1. The van der Waals surface area contributed by atoms with Crippen LogP contribution in [0.25, 0.3) is 0 Å². The fourth-order valence-electron chi connectivity index (χ4n) is 3.16. The van der Waals surface area contributed by atoms with Gasteiger partial charge in [0.2, 0.25) is 0 Å². The Morgan fingerprint density at radius 3 is 2.89 bits per heavy atom. The lowest BCUT2D eigenvalue weighted by Crippen LogP contribution is -2.45. The molecular formula is C17H24FN5O4. The monoisotopic (exact) mass is 381 g/mol. The number of methoxy groups -OCH3 is 1. The van der Waals surface area contributed by atoms with Gasteiger partial charge in [-0.1, -0.05) is 0 Å². The van der Waals surface area contributed by atoms with Crippen molar-refractivity contribution in [1.29, 1.82) is 0 Å². The minimum atomic E-state index is -0.524. The molecule has 0 saturated carbocycles. The van der Waals surface area contributed by atoms with E-state index in [9.17, 15) is 14.0 Å². The molecule has 3 rings (SSSR count). The molecule has 0 aromatic heterocycles. The lowest BCUT2D eigenvalue weighted by molar-refractivity contribution is -0.137. The number of hydrogen-bond donors (Lipinski definition) is 2. The van der Waals surface area contributed by atoms with Crippen LogP contribution in [0.4, 0.5) is 20.6 Å². The van der Waals surface area contributed by atoms with Crippen LogP contribution in [0, 0.1) is 5.82 Å². The lowest BCUT2D eigenvalue weighted by Gasteiger charge is -2.24. The van der Waals surface area contributed by atoms with Gasteiger partial charge in [-0.25, -0.2) is 14.6 Å². The Balaban J connectivity index is 1.69. The highest BCUT2D eigenvalue weighted by Crippen LogP contribution is 2.28. The molecule has 0 aliphatic carbocycles. The number of carbonyl (C=O) groups excluding carboxylic acids is 2. The Hall–Kier alpha value is -2.43. The van der Waals surface area contributed by atoms with Crippen molar-refractivity contribution < 1.29 is 23.5 Å². The highest BCUT2D eigenvalue weighted by atomic mass is 19.1. The zero-order valence-corrected chi connectivity index (χ0v) is 15.2. The van der Waals surface area contributed by atoms with Crippen molar-refractivity contribution in [3.8, 4) is 0 Å². The fourth-order valence-corrected chi connectivity index (χ4v) is 3.16. The van der Waals surface area contributed by atoms with Crippen LogP contribution in [0.5, 0.6) is 0 Å². The Bertz CT molecular complexity index is 704. The van der Waals surface area contributed by atoms with Crippen LogP contribution in [-0.2, 0) is 14.3 Å². The van der Waals surface area contributed by atoms with E-state index in [2.05, 4.69) is 5.43 Å². The molecule has 1 aromatic rings. The second-order valence-electron chi connectivity index (χ2n) is 6.36. The van der Waals surface area contributed by atoms with Crippen molar-refractivity contribution in [2.75, 3.05) is 62.8 Å². The molecule has 0 radical (unpaired) electrons.